The van der Waals surface area contributed by atoms with Gasteiger partial charge in [0.15, 0.2) is 0 Å². The maximum Gasteiger partial charge on any atom is 0.223 e. The van der Waals surface area contributed by atoms with Crippen molar-refractivity contribution in [1.82, 2.24) is 9.80 Å². The molecule has 0 saturated carbocycles. The van der Waals surface area contributed by atoms with Gasteiger partial charge in [-0.15, -0.1) is 0 Å². The number of hydrogen-bond acceptors (Lipinski definition) is 5. The molecule has 1 fully saturated rings. The Balaban J connectivity index is 1.34. The Morgan fingerprint density at radius 1 is 1.20 bits per heavy atom. The second-order valence-electron chi connectivity index (χ2n) is 8.42. The van der Waals surface area contributed by atoms with Gasteiger partial charge in [-0.3, -0.25) is 4.79 Å². The van der Waals surface area contributed by atoms with Crippen molar-refractivity contribution in [2.45, 2.75) is 43.8 Å². The van der Waals surface area contributed by atoms with E-state index in [4.69, 9.17) is 0 Å². The smallest absolute Gasteiger partial charge is 0.223 e. The Hall–Kier alpha value is -2.70. The van der Waals surface area contributed by atoms with Crippen molar-refractivity contribution in [2.75, 3.05) is 19.6 Å². The molecule has 3 aliphatic heterocycles. The number of benzene rings is 1. The fourth-order valence-electron chi connectivity index (χ4n) is 4.31. The minimum Gasteiger partial charge on any atom is -0.387 e. The van der Waals surface area contributed by atoms with Gasteiger partial charge in [0.1, 0.15) is 11.9 Å². The Morgan fingerprint density at radius 2 is 1.93 bits per heavy atom. The van der Waals surface area contributed by atoms with Crippen molar-refractivity contribution in [3.8, 4) is 0 Å². The van der Waals surface area contributed by atoms with Crippen LogP contribution in [0.2, 0.25) is 0 Å². The zero-order chi connectivity index (χ0) is 21.1. The van der Waals surface area contributed by atoms with Crippen molar-refractivity contribution < 1.29 is 15.0 Å². The zero-order valence-electron chi connectivity index (χ0n) is 17.3. The summed E-state index contributed by atoms with van der Waals surface area (Å²) in [5.41, 5.74) is 0.606. The van der Waals surface area contributed by atoms with E-state index in [9.17, 15) is 15.0 Å². The first-order chi connectivity index (χ1) is 14.5. The molecule has 3 aliphatic rings. The highest BCUT2D eigenvalue weighted by Gasteiger charge is 2.42. The normalized spacial score (nSPS) is 22.1. The van der Waals surface area contributed by atoms with Crippen molar-refractivity contribution >= 4 is 11.7 Å². The predicted molar refractivity (Wildman–Crippen MR) is 117 cm³/mol. The maximum absolute atomic E-state index is 12.8. The van der Waals surface area contributed by atoms with E-state index in [1.54, 1.807) is 6.20 Å². The minimum absolute atomic E-state index is 0.0965. The molecular formula is C24H29N3O3. The van der Waals surface area contributed by atoms with E-state index < -0.39 is 11.7 Å². The molecule has 1 aromatic rings. The second kappa shape index (κ2) is 8.58. The zero-order valence-corrected chi connectivity index (χ0v) is 17.3. The van der Waals surface area contributed by atoms with E-state index >= 15 is 0 Å². The van der Waals surface area contributed by atoms with Crippen molar-refractivity contribution in [2.24, 2.45) is 4.99 Å². The van der Waals surface area contributed by atoms with Crippen LogP contribution >= 0.6 is 0 Å². The first kappa shape index (κ1) is 20.6. The van der Waals surface area contributed by atoms with Crippen LogP contribution < -0.4 is 0 Å². The Morgan fingerprint density at radius 3 is 2.67 bits per heavy atom. The van der Waals surface area contributed by atoms with E-state index in [0.29, 0.717) is 44.5 Å². The van der Waals surface area contributed by atoms with Crippen LogP contribution in [0.3, 0.4) is 0 Å². The van der Waals surface area contributed by atoms with Gasteiger partial charge in [-0.2, -0.15) is 0 Å². The van der Waals surface area contributed by atoms with Gasteiger partial charge in [0.25, 0.3) is 0 Å². The van der Waals surface area contributed by atoms with Gasteiger partial charge in [-0.1, -0.05) is 43.3 Å². The number of aliphatic imine (C=N–C) groups is 1. The number of rotatable bonds is 5. The van der Waals surface area contributed by atoms with Crippen molar-refractivity contribution in [3.05, 3.63) is 72.1 Å². The van der Waals surface area contributed by atoms with Crippen LogP contribution in [0.5, 0.6) is 0 Å². The van der Waals surface area contributed by atoms with Crippen LogP contribution in [0.1, 0.15) is 37.7 Å². The largest absolute Gasteiger partial charge is 0.387 e. The molecule has 30 heavy (non-hydrogen) atoms. The Bertz CT molecular complexity index is 896. The van der Waals surface area contributed by atoms with Crippen molar-refractivity contribution in [3.63, 3.8) is 0 Å². The van der Waals surface area contributed by atoms with Crippen LogP contribution in [0.25, 0.3) is 0 Å². The fraction of sp³-hybridized carbons (Fsp3) is 0.417. The van der Waals surface area contributed by atoms with Crippen molar-refractivity contribution in [1.29, 1.82) is 0 Å². The highest BCUT2D eigenvalue weighted by molar-refractivity contribution is 5.96. The van der Waals surface area contributed by atoms with E-state index in [2.05, 4.69) is 11.9 Å². The number of fused-ring (bicyclic) bond motifs is 1. The number of nitrogens with zero attached hydrogens (tertiary/aromatic N) is 3. The second-order valence-corrected chi connectivity index (χ2v) is 8.42. The fourth-order valence-corrected chi connectivity index (χ4v) is 4.31. The Kier molecular flexibility index (Phi) is 5.88. The lowest BCUT2D eigenvalue weighted by Gasteiger charge is -2.42. The lowest BCUT2D eigenvalue weighted by atomic mass is 9.82. The number of hydrogen-bond donors (Lipinski definition) is 2. The summed E-state index contributed by atoms with van der Waals surface area (Å²) in [6.45, 7) is 3.45. The number of allylic oxidation sites excluding steroid dienone is 2. The quantitative estimate of drug-likeness (QED) is 0.787. The van der Waals surface area contributed by atoms with E-state index in [1.165, 1.54) is 0 Å². The molecule has 2 atom stereocenters. The molecule has 158 valence electrons. The molecule has 6 heteroatoms. The van der Waals surface area contributed by atoms with Gasteiger partial charge in [0.2, 0.25) is 5.91 Å². The topological polar surface area (TPSA) is 76.4 Å². The third kappa shape index (κ3) is 4.25. The molecule has 1 saturated heterocycles. The van der Waals surface area contributed by atoms with E-state index in [-0.39, 0.29) is 11.8 Å². The maximum atomic E-state index is 12.8. The number of carbonyl (C=O) groups is 1. The van der Waals surface area contributed by atoms with Gasteiger partial charge >= 0.3 is 0 Å². The number of piperidine rings is 1. The summed E-state index contributed by atoms with van der Waals surface area (Å²) in [6.07, 6.45) is 9.48. The number of likely N-dealkylation sites (tertiary alicyclic amines) is 1. The number of aliphatic hydroxyl groups is 2. The van der Waals surface area contributed by atoms with Gasteiger partial charge in [-0.25, -0.2) is 4.99 Å². The summed E-state index contributed by atoms with van der Waals surface area (Å²) in [5, 5.41) is 22.0. The molecule has 6 nitrogen and oxygen atoms in total. The summed E-state index contributed by atoms with van der Waals surface area (Å²) in [5.74, 6) is 1.07. The minimum atomic E-state index is -1.24. The lowest BCUT2D eigenvalue weighted by molar-refractivity contribution is -0.140. The van der Waals surface area contributed by atoms with E-state index in [0.717, 1.165) is 11.4 Å². The molecule has 0 bridgehead atoms. The summed E-state index contributed by atoms with van der Waals surface area (Å²) in [6, 6.07) is 10.0. The summed E-state index contributed by atoms with van der Waals surface area (Å²) >= 11 is 0. The van der Waals surface area contributed by atoms with Gasteiger partial charge in [0, 0.05) is 38.5 Å². The third-order valence-electron chi connectivity index (χ3n) is 6.32. The lowest BCUT2D eigenvalue weighted by Crippen LogP contribution is -2.54. The molecule has 1 unspecified atom stereocenters. The van der Waals surface area contributed by atoms with Crippen LogP contribution in [0.15, 0.2) is 71.5 Å². The molecule has 0 aromatic heterocycles. The molecule has 4 rings (SSSR count). The highest BCUT2D eigenvalue weighted by Crippen LogP contribution is 2.32. The summed E-state index contributed by atoms with van der Waals surface area (Å²) in [7, 11) is 0. The first-order valence-corrected chi connectivity index (χ1v) is 10.6. The molecule has 0 aliphatic carbocycles. The molecule has 1 amide bonds. The van der Waals surface area contributed by atoms with Crippen LogP contribution in [-0.2, 0) is 4.79 Å². The number of amides is 1. The summed E-state index contributed by atoms with van der Waals surface area (Å²) < 4.78 is 0. The third-order valence-corrected chi connectivity index (χ3v) is 6.32. The number of carbonyl (C=O) groups excluding carboxylic acids is 1. The average molecular weight is 408 g/mol. The number of amidine groups is 1. The molecule has 3 heterocycles. The van der Waals surface area contributed by atoms with Crippen LogP contribution in [-0.4, -0.2) is 63.1 Å². The van der Waals surface area contributed by atoms with Gasteiger partial charge in [-0.05, 0) is 42.0 Å². The standard InChI is InChI=1S/C24H29N3O3/c1-18(19-7-3-2-4-8-19)15-22(28)26-13-10-24(30,11-14-26)23(29)20-16-25-21-9-5-6-12-27(21)17-20/h2-9,12,16,18,23,29-30H,10-11,13-15,17H2,1H3/t18-,23?/m1/s1. The Labute approximate surface area is 177 Å². The molecule has 0 radical (unpaired) electrons. The van der Waals surface area contributed by atoms with Gasteiger partial charge in [0.05, 0.1) is 5.60 Å². The molecule has 0 spiro atoms. The summed E-state index contributed by atoms with van der Waals surface area (Å²) in [4.78, 5) is 20.9. The molecular weight excluding hydrogens is 378 g/mol. The average Bonchev–Trinajstić information content (AvgIpc) is 2.79. The molecule has 1 aromatic carbocycles. The first-order valence-electron chi connectivity index (χ1n) is 10.6. The molecule has 2 N–H and O–H groups in total. The van der Waals surface area contributed by atoms with Crippen LogP contribution in [0.4, 0.5) is 0 Å². The SMILES string of the molecule is C[C@H](CC(=O)N1CCC(O)(C(O)C2=CN=C3C=CC=CN3C2)CC1)c1ccccc1. The van der Waals surface area contributed by atoms with E-state index in [1.807, 2.05) is 64.6 Å². The number of aliphatic hydroxyl groups excluding tert-OH is 1. The monoisotopic (exact) mass is 407 g/mol. The predicted octanol–water partition coefficient (Wildman–Crippen LogP) is 2.58. The van der Waals surface area contributed by atoms with Crippen LogP contribution in [0, 0.1) is 0 Å². The highest BCUT2D eigenvalue weighted by atomic mass is 16.3. The van der Waals surface area contributed by atoms with Gasteiger partial charge < -0.3 is 20.0 Å².